The predicted molar refractivity (Wildman–Crippen MR) is 50.4 cm³/mol. The van der Waals surface area contributed by atoms with E-state index in [1.165, 1.54) is 4.53 Å². The minimum Gasteiger partial charge on any atom is -0.201 e. The second-order valence-electron chi connectivity index (χ2n) is 2.55. The second-order valence-corrected chi connectivity index (χ2v) is 3.35. The lowest BCUT2D eigenvalue weighted by atomic mass is 10.1. The van der Waals surface area contributed by atoms with Gasteiger partial charge < -0.3 is 0 Å². The van der Waals surface area contributed by atoms with Crippen LogP contribution in [0.3, 0.4) is 0 Å². The van der Waals surface area contributed by atoms with Gasteiger partial charge in [0.05, 0.1) is 12.8 Å². The summed E-state index contributed by atoms with van der Waals surface area (Å²) in [6.07, 6.45) is 1.67. The van der Waals surface area contributed by atoms with Crippen molar-refractivity contribution in [2.24, 2.45) is 5.10 Å². The van der Waals surface area contributed by atoms with E-state index in [0.29, 0.717) is 6.54 Å². The molecule has 0 aromatic heterocycles. The van der Waals surface area contributed by atoms with Crippen LogP contribution in [-0.2, 0) is 6.54 Å². The fourth-order valence-electron chi connectivity index (χ4n) is 1.17. The standard InChI is InChI=1S/C8H6Cl2N2/c9-8-3-1-2-6-5-12(10)11-4-7(6)8/h1-4H,5H2. The summed E-state index contributed by atoms with van der Waals surface area (Å²) in [4.78, 5) is 0. The molecule has 0 atom stereocenters. The van der Waals surface area contributed by atoms with Crippen LogP contribution in [0.15, 0.2) is 23.3 Å². The topological polar surface area (TPSA) is 15.6 Å². The minimum atomic E-state index is 0.605. The second kappa shape index (κ2) is 2.96. The number of nitrogens with zero attached hydrogens (tertiary/aromatic N) is 2. The molecule has 1 heterocycles. The molecule has 0 bridgehead atoms. The summed E-state index contributed by atoms with van der Waals surface area (Å²) in [6, 6.07) is 5.74. The van der Waals surface area contributed by atoms with Gasteiger partial charge in [-0.2, -0.15) is 5.10 Å². The van der Waals surface area contributed by atoms with E-state index in [-0.39, 0.29) is 0 Å². The van der Waals surface area contributed by atoms with Gasteiger partial charge in [0, 0.05) is 22.4 Å². The highest BCUT2D eigenvalue weighted by atomic mass is 35.5. The largest absolute Gasteiger partial charge is 0.201 e. The van der Waals surface area contributed by atoms with Gasteiger partial charge in [0.1, 0.15) is 0 Å². The van der Waals surface area contributed by atoms with Crippen LogP contribution in [0.4, 0.5) is 0 Å². The molecule has 0 aliphatic carbocycles. The Kier molecular flexibility index (Phi) is 1.95. The van der Waals surface area contributed by atoms with Gasteiger partial charge >= 0.3 is 0 Å². The first-order valence-corrected chi connectivity index (χ1v) is 4.23. The van der Waals surface area contributed by atoms with Gasteiger partial charge in [-0.3, -0.25) is 0 Å². The molecule has 0 amide bonds. The lowest BCUT2D eigenvalue weighted by Crippen LogP contribution is -2.12. The molecule has 62 valence electrons. The zero-order chi connectivity index (χ0) is 8.55. The summed E-state index contributed by atoms with van der Waals surface area (Å²) in [6.45, 7) is 0.605. The van der Waals surface area contributed by atoms with Crippen LogP contribution in [0, 0.1) is 0 Å². The molecular formula is C8H6Cl2N2. The van der Waals surface area contributed by atoms with Crippen LogP contribution >= 0.6 is 23.4 Å². The van der Waals surface area contributed by atoms with Gasteiger partial charge in [0.2, 0.25) is 0 Å². The van der Waals surface area contributed by atoms with Gasteiger partial charge in [0.25, 0.3) is 0 Å². The maximum atomic E-state index is 5.94. The predicted octanol–water partition coefficient (Wildman–Crippen LogP) is 2.64. The quantitative estimate of drug-likeness (QED) is 0.589. The van der Waals surface area contributed by atoms with Crippen LogP contribution in [0.1, 0.15) is 11.1 Å². The van der Waals surface area contributed by atoms with Gasteiger partial charge in [-0.1, -0.05) is 23.7 Å². The molecule has 0 fully saturated rings. The number of hydrogen-bond acceptors (Lipinski definition) is 2. The summed E-state index contributed by atoms with van der Waals surface area (Å²) in [5, 5.41) is 4.64. The molecule has 1 aliphatic heterocycles. The third kappa shape index (κ3) is 1.28. The summed E-state index contributed by atoms with van der Waals surface area (Å²) < 4.78 is 1.36. The van der Waals surface area contributed by atoms with Crippen molar-refractivity contribution >= 4 is 29.6 Å². The lowest BCUT2D eigenvalue weighted by Gasteiger charge is -2.16. The van der Waals surface area contributed by atoms with E-state index >= 15 is 0 Å². The van der Waals surface area contributed by atoms with Crippen molar-refractivity contribution < 1.29 is 0 Å². The Morgan fingerprint density at radius 2 is 2.25 bits per heavy atom. The molecule has 1 aromatic carbocycles. The normalized spacial score (nSPS) is 14.7. The van der Waals surface area contributed by atoms with Crippen molar-refractivity contribution in [3.8, 4) is 0 Å². The van der Waals surface area contributed by atoms with Crippen molar-refractivity contribution in [3.63, 3.8) is 0 Å². The third-order valence-corrected chi connectivity index (χ3v) is 2.29. The van der Waals surface area contributed by atoms with Crippen LogP contribution in [0.25, 0.3) is 0 Å². The molecule has 0 N–H and O–H groups in total. The molecule has 2 nitrogen and oxygen atoms in total. The maximum Gasteiger partial charge on any atom is 0.0795 e. The Labute approximate surface area is 80.5 Å². The van der Waals surface area contributed by atoms with E-state index in [1.54, 1.807) is 6.21 Å². The monoisotopic (exact) mass is 200 g/mol. The molecular weight excluding hydrogens is 195 g/mol. The highest BCUT2D eigenvalue weighted by molar-refractivity contribution is 6.33. The molecule has 2 rings (SSSR count). The van der Waals surface area contributed by atoms with E-state index < -0.39 is 0 Å². The molecule has 1 aliphatic rings. The van der Waals surface area contributed by atoms with Crippen molar-refractivity contribution in [3.05, 3.63) is 34.3 Å². The Balaban J connectivity index is 2.53. The third-order valence-electron chi connectivity index (χ3n) is 1.76. The summed E-state index contributed by atoms with van der Waals surface area (Å²) in [5.74, 6) is 0. The summed E-state index contributed by atoms with van der Waals surface area (Å²) in [5.41, 5.74) is 2.07. The Hall–Kier alpha value is -0.730. The molecule has 0 saturated heterocycles. The van der Waals surface area contributed by atoms with Crippen molar-refractivity contribution in [1.82, 2.24) is 4.53 Å². The first-order chi connectivity index (χ1) is 5.77. The van der Waals surface area contributed by atoms with Crippen molar-refractivity contribution in [2.75, 3.05) is 0 Å². The van der Waals surface area contributed by atoms with Crippen molar-refractivity contribution in [2.45, 2.75) is 6.54 Å². The average molecular weight is 201 g/mol. The van der Waals surface area contributed by atoms with Crippen molar-refractivity contribution in [1.29, 1.82) is 0 Å². The Bertz CT molecular complexity index is 336. The number of rotatable bonds is 0. The first kappa shape index (κ1) is 7.90. The molecule has 0 spiro atoms. The Morgan fingerprint density at radius 3 is 3.08 bits per heavy atom. The number of benzene rings is 1. The molecule has 0 radical (unpaired) electrons. The molecule has 0 saturated carbocycles. The SMILES string of the molecule is Clc1cccc2c1C=NN(Cl)C2. The highest BCUT2D eigenvalue weighted by Crippen LogP contribution is 2.23. The molecule has 1 aromatic rings. The molecule has 0 unspecified atom stereocenters. The van der Waals surface area contributed by atoms with Crippen LogP contribution in [0.5, 0.6) is 0 Å². The smallest absolute Gasteiger partial charge is 0.0795 e. The maximum absolute atomic E-state index is 5.94. The van der Waals surface area contributed by atoms with Crippen LogP contribution in [-0.4, -0.2) is 10.7 Å². The number of hydrazone groups is 1. The van der Waals surface area contributed by atoms with E-state index in [2.05, 4.69) is 5.10 Å². The van der Waals surface area contributed by atoms with Gasteiger partial charge in [-0.15, -0.1) is 0 Å². The summed E-state index contributed by atoms with van der Waals surface area (Å²) >= 11 is 11.6. The Morgan fingerprint density at radius 1 is 1.42 bits per heavy atom. The highest BCUT2D eigenvalue weighted by Gasteiger charge is 2.11. The molecule has 4 heteroatoms. The first-order valence-electron chi connectivity index (χ1n) is 3.52. The van der Waals surface area contributed by atoms with Gasteiger partial charge in [-0.05, 0) is 11.6 Å². The van der Waals surface area contributed by atoms with Crippen LogP contribution < -0.4 is 0 Å². The van der Waals surface area contributed by atoms with E-state index in [0.717, 1.165) is 16.1 Å². The number of halogens is 2. The fourth-order valence-corrected chi connectivity index (χ4v) is 1.58. The molecule has 12 heavy (non-hydrogen) atoms. The fraction of sp³-hybridized carbons (Fsp3) is 0.125. The van der Waals surface area contributed by atoms with E-state index in [1.807, 2.05) is 18.2 Å². The van der Waals surface area contributed by atoms with E-state index in [4.69, 9.17) is 23.4 Å². The zero-order valence-electron chi connectivity index (χ0n) is 6.17. The number of hydrogen-bond donors (Lipinski definition) is 0. The van der Waals surface area contributed by atoms with Gasteiger partial charge in [-0.25, -0.2) is 4.53 Å². The minimum absolute atomic E-state index is 0.605. The average Bonchev–Trinajstić information content (AvgIpc) is 2.04. The lowest BCUT2D eigenvalue weighted by molar-refractivity contribution is 0.476. The summed E-state index contributed by atoms with van der Waals surface area (Å²) in [7, 11) is 0. The van der Waals surface area contributed by atoms with Gasteiger partial charge in [0.15, 0.2) is 0 Å². The van der Waals surface area contributed by atoms with E-state index in [9.17, 15) is 0 Å². The van der Waals surface area contributed by atoms with Crippen LogP contribution in [0.2, 0.25) is 5.02 Å². The zero-order valence-corrected chi connectivity index (χ0v) is 7.68. The number of fused-ring (bicyclic) bond motifs is 1.